The molecule has 30 heteroatoms. The molecule has 7 aromatic rings. The third kappa shape index (κ3) is 13.3. The Labute approximate surface area is 520 Å². The summed E-state index contributed by atoms with van der Waals surface area (Å²) < 4.78 is 104. The van der Waals surface area contributed by atoms with Crippen molar-refractivity contribution in [1.29, 1.82) is 0 Å². The van der Waals surface area contributed by atoms with Crippen molar-refractivity contribution in [3.63, 3.8) is 0 Å². The summed E-state index contributed by atoms with van der Waals surface area (Å²) in [5.41, 5.74) is 13.1. The Kier molecular flexibility index (Phi) is 20.5. The van der Waals surface area contributed by atoms with Gasteiger partial charge in [-0.15, -0.1) is 12.6 Å². The number of hydrogen-bond acceptors (Lipinski definition) is 21. The van der Waals surface area contributed by atoms with Gasteiger partial charge in [-0.2, -0.15) is 13.0 Å². The molecule has 3 aliphatic heterocycles. The fourth-order valence-electron chi connectivity index (χ4n) is 12.3. The van der Waals surface area contributed by atoms with Crippen LogP contribution in [0, 0.1) is 11.8 Å². The van der Waals surface area contributed by atoms with Gasteiger partial charge in [0.25, 0.3) is 10.1 Å². The summed E-state index contributed by atoms with van der Waals surface area (Å²) in [5, 5.41) is 32.7. The van der Waals surface area contributed by atoms with Crippen molar-refractivity contribution in [2.24, 2.45) is 0 Å². The fourth-order valence-corrected chi connectivity index (χ4v) is 19.3. The van der Waals surface area contributed by atoms with Crippen LogP contribution in [0.3, 0.4) is 0 Å². The van der Waals surface area contributed by atoms with Gasteiger partial charge in [0.1, 0.15) is 4.90 Å². The molecule has 1 saturated heterocycles. The van der Waals surface area contributed by atoms with Gasteiger partial charge in [-0.25, -0.2) is 0 Å². The maximum Gasteiger partial charge on any atom is 0.425 e. The molecule has 90 heavy (non-hydrogen) atoms. The van der Waals surface area contributed by atoms with E-state index in [1.165, 1.54) is 23.3 Å². The third-order valence-electron chi connectivity index (χ3n) is 16.3. The van der Waals surface area contributed by atoms with Crippen LogP contribution >= 0.6 is 21.9 Å². The van der Waals surface area contributed by atoms with Crippen LogP contribution < -0.4 is 25.7 Å². The number of aromatic nitrogens is 3. The standard InChI is InChI=1S/C60H62N7O15P3S.O3S/c1-59(2)50(25-7-5-8-26-51-60(3,4)56-46-23-14-11-19-41(46)29-32-48(56)66(51)36-42-20-12-15-24-49(42)86(75,76)77)65(47-31-28-40-18-10-13-22-45(40)55(47)59)35-16-6-9-27-52(68)62-34-17-21-43-37-67(58-54(43)57(61)63-39-64-58)53-33-30-44(78-53)38-85(81-79-69,82-80-70,83(71)72)84(73)74;1-4(2)3/h5,7-8,10-15,18-20,22-26,28-29,31-32,37,39,44,53H,6,9,16,27,30,33-36,38H2,1-4H3,(H5-,61,62,63,64,68,69,70,75,76,77);/p+1. The average Bonchev–Trinajstić information content (AvgIpc) is 1.43. The summed E-state index contributed by atoms with van der Waals surface area (Å²) >= 11 is 0. The van der Waals surface area contributed by atoms with Gasteiger partial charge in [0.15, 0.2) is 12.3 Å². The number of unbranched alkanes of at least 4 members (excludes halogenated alkanes) is 2. The SMILES string of the molecule is CC1(C)C(=CC=CC=CC2=[N+](Cc3ccccc3S(=O)(=O)O)c3ccc4ccccc4c3C2(C)C)N(CCCCCC(=O)NCC#Cc2cn(C3CCC(CP(OOO)(OOO)([P+](=O)[O-])[P+](=O)[O-])O3)c3ncnc(N)c23)c2ccc3ccccc3c21.O=S(=O)=O. The number of allylic oxidation sites excluding steroid dienone is 6. The largest absolute Gasteiger partial charge is 0.425 e. The van der Waals surface area contributed by atoms with Crippen LogP contribution in [0.5, 0.6) is 0 Å². The minimum atomic E-state index is -6.17. The predicted molar refractivity (Wildman–Crippen MR) is 332 cm³/mol. The zero-order valence-electron chi connectivity index (χ0n) is 48.9. The molecule has 6 N–H and O–H groups in total. The van der Waals surface area contributed by atoms with Crippen molar-refractivity contribution in [3.05, 3.63) is 168 Å². The molecule has 3 aliphatic rings. The van der Waals surface area contributed by atoms with Crippen LogP contribution in [0.1, 0.15) is 94.7 Å². The van der Waals surface area contributed by atoms with Crippen molar-refractivity contribution in [2.75, 3.05) is 29.9 Å². The van der Waals surface area contributed by atoms with Gasteiger partial charge in [0.05, 0.1) is 5.41 Å². The van der Waals surface area contributed by atoms with Crippen LogP contribution in [-0.4, -0.2) is 92.2 Å². The van der Waals surface area contributed by atoms with Crippen molar-refractivity contribution >= 4 is 104 Å². The number of hydrogen-bond donors (Lipinski definition) is 5. The summed E-state index contributed by atoms with van der Waals surface area (Å²) in [4.78, 5) is 48.7. The third-order valence-corrected chi connectivity index (χ3v) is 28.5. The maximum atomic E-state index is 13.2. The van der Waals surface area contributed by atoms with E-state index in [9.17, 15) is 36.7 Å². The summed E-state index contributed by atoms with van der Waals surface area (Å²) in [6.45, 7) is 9.77. The molecule has 0 aliphatic carbocycles. The summed E-state index contributed by atoms with van der Waals surface area (Å²) in [7, 11) is -16.1. The van der Waals surface area contributed by atoms with E-state index in [4.69, 9.17) is 33.6 Å². The number of benzene rings is 5. The van der Waals surface area contributed by atoms with Crippen molar-refractivity contribution in [1.82, 2.24) is 19.9 Å². The first-order valence-electron chi connectivity index (χ1n) is 28.1. The van der Waals surface area contributed by atoms with E-state index in [0.29, 0.717) is 35.1 Å². The first kappa shape index (κ1) is 67.0. The van der Waals surface area contributed by atoms with E-state index in [2.05, 4.69) is 157 Å². The molecule has 0 spiro atoms. The predicted octanol–water partition coefficient (Wildman–Crippen LogP) is 9.60. The first-order chi connectivity index (χ1) is 42.9. The van der Waals surface area contributed by atoms with Gasteiger partial charge in [-0.1, -0.05) is 111 Å². The van der Waals surface area contributed by atoms with Gasteiger partial charge in [-0.3, -0.25) is 9.35 Å². The van der Waals surface area contributed by atoms with Crippen molar-refractivity contribution in [3.8, 4) is 11.8 Å². The monoisotopic (exact) mass is 1330 g/mol. The van der Waals surface area contributed by atoms with Crippen molar-refractivity contribution in [2.45, 2.75) is 101 Å². The van der Waals surface area contributed by atoms with E-state index in [0.717, 1.165) is 57.3 Å². The molecule has 5 aromatic carbocycles. The molecule has 0 radical (unpaired) electrons. The summed E-state index contributed by atoms with van der Waals surface area (Å²) in [6, 6.07) is 31.7. The van der Waals surface area contributed by atoms with Gasteiger partial charge in [-0.05, 0) is 78.1 Å². The molecule has 472 valence electrons. The molecule has 0 saturated carbocycles. The number of nitrogens with two attached hydrogens (primary N) is 1. The second-order valence-electron chi connectivity index (χ2n) is 22.4. The molecular weight excluding hydrogens is 1260 g/mol. The molecule has 4 atom stereocenters. The molecule has 0 bridgehead atoms. The fraction of sp³-hybridized carbons (Fsp3) is 0.300. The Morgan fingerprint density at radius 2 is 1.51 bits per heavy atom. The van der Waals surface area contributed by atoms with Gasteiger partial charge in [0.2, 0.25) is 5.69 Å². The van der Waals surface area contributed by atoms with Crippen LogP contribution in [-0.2, 0) is 76.2 Å². The molecule has 25 nitrogen and oxygen atoms in total. The molecule has 4 unspecified atom stereocenters. The van der Waals surface area contributed by atoms with Gasteiger partial charge >= 0.3 is 202 Å². The summed E-state index contributed by atoms with van der Waals surface area (Å²) in [5.74, 6) is 5.89. The molecular formula is C60H63N7O18P3S2+. The van der Waals surface area contributed by atoms with E-state index in [1.807, 2.05) is 30.4 Å². The Morgan fingerprint density at radius 3 is 2.18 bits per heavy atom. The summed E-state index contributed by atoms with van der Waals surface area (Å²) in [6.07, 6.45) is 6.56. The Morgan fingerprint density at radius 1 is 0.867 bits per heavy atom. The second-order valence-corrected chi connectivity index (χ2v) is 35.6. The number of amides is 1. The van der Waals surface area contributed by atoms with Gasteiger partial charge < -0.3 is 4.90 Å². The Bertz CT molecular complexity index is 4400. The molecule has 2 aromatic heterocycles. The van der Waals surface area contributed by atoms with Crippen LogP contribution in [0.15, 0.2) is 151 Å². The zero-order valence-corrected chi connectivity index (χ0v) is 53.3. The number of rotatable bonds is 22. The number of carbonyl (C=O) groups excluding carboxylic acids is 1. The molecule has 10 rings (SSSR count). The normalized spacial score (nSPS) is 18.1. The molecule has 1 amide bonds. The number of carbonyl (C=O) groups is 1. The average molecular weight is 1330 g/mol. The number of nitrogens with one attached hydrogen (secondary N) is 1. The first-order valence-corrected chi connectivity index (χ1v) is 36.5. The van der Waals surface area contributed by atoms with E-state index < -0.39 is 66.5 Å². The van der Waals surface area contributed by atoms with Crippen LogP contribution in [0.2, 0.25) is 0 Å². The number of nitrogens with zero attached hydrogens (tertiary/aromatic N) is 5. The zero-order chi connectivity index (χ0) is 64.8. The quantitative estimate of drug-likeness (QED) is 0.00616. The number of ether oxygens (including phenoxy) is 1. The minimum absolute atomic E-state index is 0.00503. The van der Waals surface area contributed by atoms with Crippen LogP contribution in [0.4, 0.5) is 17.2 Å². The van der Waals surface area contributed by atoms with Crippen LogP contribution in [0.25, 0.3) is 32.6 Å². The van der Waals surface area contributed by atoms with Crippen molar-refractivity contribution < 1.29 is 88.6 Å². The van der Waals surface area contributed by atoms with E-state index in [1.54, 1.807) is 29.0 Å². The molecule has 1 fully saturated rings. The smallest absolute Gasteiger partial charge is 0.142 e. The number of nitrogen functional groups attached to an aromatic ring is 1. The Balaban J connectivity index is 0.00000233. The minimum Gasteiger partial charge on any atom is -0.142 e. The second kappa shape index (κ2) is 27.6. The number of anilines is 2. The maximum absolute atomic E-state index is 13.2. The van der Waals surface area contributed by atoms with E-state index in [-0.39, 0.29) is 54.4 Å². The number of fused-ring (bicyclic) bond motifs is 7. The molecule has 5 heterocycles. The topological polar surface area (TPSA) is 365 Å². The van der Waals surface area contributed by atoms with E-state index >= 15 is 0 Å². The van der Waals surface area contributed by atoms with Gasteiger partial charge in [0, 0.05) is 53.0 Å². The Hall–Kier alpha value is -7.44.